The molecule has 172 valence electrons. The first-order valence-electron chi connectivity index (χ1n) is 10.7. The number of benzene rings is 3. The molecular formula is C26H28N2O4S. The molecule has 33 heavy (non-hydrogen) atoms. The predicted octanol–water partition coefficient (Wildman–Crippen LogP) is 4.29. The van der Waals surface area contributed by atoms with Crippen molar-refractivity contribution in [3.8, 4) is 0 Å². The highest BCUT2D eigenvalue weighted by Crippen LogP contribution is 2.16. The molecule has 0 saturated heterocycles. The summed E-state index contributed by atoms with van der Waals surface area (Å²) in [6.07, 6.45) is 0. The minimum Gasteiger partial charge on any atom is -0.332 e. The highest BCUT2D eigenvalue weighted by molar-refractivity contribution is 7.91. The molecule has 0 fully saturated rings. The van der Waals surface area contributed by atoms with Gasteiger partial charge < -0.3 is 10.2 Å². The largest absolute Gasteiger partial charge is 0.332 e. The molecule has 1 N–H and O–H groups in total. The molecule has 0 bridgehead atoms. The molecule has 0 saturated carbocycles. The summed E-state index contributed by atoms with van der Waals surface area (Å²) in [5.74, 6) is -1.59. The van der Waals surface area contributed by atoms with E-state index >= 15 is 0 Å². The van der Waals surface area contributed by atoms with E-state index in [1.807, 2.05) is 50.2 Å². The van der Waals surface area contributed by atoms with Gasteiger partial charge in [0.05, 0.1) is 5.75 Å². The average Bonchev–Trinajstić information content (AvgIpc) is 2.78. The van der Waals surface area contributed by atoms with Crippen molar-refractivity contribution in [3.63, 3.8) is 0 Å². The maximum Gasteiger partial charge on any atom is 0.254 e. The van der Waals surface area contributed by atoms with Crippen molar-refractivity contribution in [1.29, 1.82) is 0 Å². The molecule has 6 nitrogen and oxygen atoms in total. The van der Waals surface area contributed by atoms with E-state index < -0.39 is 21.5 Å². The number of carbonyl (C=O) groups is 2. The van der Waals surface area contributed by atoms with Crippen LogP contribution < -0.4 is 5.32 Å². The summed E-state index contributed by atoms with van der Waals surface area (Å²) in [5, 5.41) is 2.58. The van der Waals surface area contributed by atoms with Gasteiger partial charge in [-0.05, 0) is 49.2 Å². The fourth-order valence-electron chi connectivity index (χ4n) is 3.40. The van der Waals surface area contributed by atoms with Crippen LogP contribution in [0.4, 0.5) is 5.69 Å². The molecule has 0 aliphatic heterocycles. The number of nitrogens with one attached hydrogen (secondary N) is 1. The second-order valence-corrected chi connectivity index (χ2v) is 10.2. The fraction of sp³-hybridized carbons (Fsp3) is 0.231. The molecule has 3 aromatic carbocycles. The molecule has 0 aliphatic carbocycles. The number of hydrogen-bond acceptors (Lipinski definition) is 4. The van der Waals surface area contributed by atoms with Gasteiger partial charge in [-0.25, -0.2) is 8.42 Å². The third kappa shape index (κ3) is 7.29. The third-order valence-corrected chi connectivity index (χ3v) is 6.55. The highest BCUT2D eigenvalue weighted by Gasteiger charge is 2.21. The van der Waals surface area contributed by atoms with E-state index in [2.05, 4.69) is 5.32 Å². The number of hydrogen-bond donors (Lipinski definition) is 1. The summed E-state index contributed by atoms with van der Waals surface area (Å²) in [5.41, 5.74) is 2.60. The van der Waals surface area contributed by atoms with Crippen molar-refractivity contribution in [2.75, 3.05) is 11.1 Å². The molecule has 0 radical (unpaired) electrons. The smallest absolute Gasteiger partial charge is 0.254 e. The number of rotatable bonds is 9. The van der Waals surface area contributed by atoms with Crippen LogP contribution in [0.5, 0.6) is 0 Å². The van der Waals surface area contributed by atoms with Gasteiger partial charge in [-0.1, -0.05) is 60.7 Å². The molecule has 0 aromatic heterocycles. The average molecular weight is 465 g/mol. The van der Waals surface area contributed by atoms with Crippen molar-refractivity contribution >= 4 is 27.3 Å². The highest BCUT2D eigenvalue weighted by atomic mass is 32.2. The van der Waals surface area contributed by atoms with E-state index in [0.717, 1.165) is 5.56 Å². The van der Waals surface area contributed by atoms with Gasteiger partial charge in [-0.3, -0.25) is 9.59 Å². The van der Waals surface area contributed by atoms with Crippen LogP contribution in [0.2, 0.25) is 0 Å². The predicted molar refractivity (Wildman–Crippen MR) is 130 cm³/mol. The Bertz CT molecular complexity index is 1180. The summed E-state index contributed by atoms with van der Waals surface area (Å²) in [7, 11) is -3.66. The molecular weight excluding hydrogens is 436 g/mol. The number of nitrogens with zero attached hydrogens (tertiary/aromatic N) is 1. The first-order chi connectivity index (χ1) is 15.7. The van der Waals surface area contributed by atoms with E-state index in [1.165, 1.54) is 0 Å². The SMILES string of the molecule is CC(C)N(Cc1ccccc1)C(=O)c1ccc(CS(=O)(=O)CC(=O)Nc2ccccc2)cc1. The Hall–Kier alpha value is -3.45. The lowest BCUT2D eigenvalue weighted by Gasteiger charge is -2.27. The lowest BCUT2D eigenvalue weighted by atomic mass is 10.1. The maximum absolute atomic E-state index is 13.1. The van der Waals surface area contributed by atoms with Crippen molar-refractivity contribution < 1.29 is 18.0 Å². The molecule has 3 aromatic rings. The zero-order chi connectivity index (χ0) is 23.8. The van der Waals surface area contributed by atoms with Crippen LogP contribution in [0, 0.1) is 0 Å². The first-order valence-corrected chi connectivity index (χ1v) is 12.5. The minimum absolute atomic E-state index is 0.000822. The third-order valence-electron chi connectivity index (χ3n) is 5.08. The van der Waals surface area contributed by atoms with Crippen LogP contribution >= 0.6 is 0 Å². The van der Waals surface area contributed by atoms with Crippen molar-refractivity contribution in [2.45, 2.75) is 32.2 Å². The molecule has 0 spiro atoms. The Morgan fingerprint density at radius 2 is 1.39 bits per heavy atom. The van der Waals surface area contributed by atoms with Gasteiger partial charge in [0, 0.05) is 23.8 Å². The van der Waals surface area contributed by atoms with Crippen LogP contribution in [0.25, 0.3) is 0 Å². The van der Waals surface area contributed by atoms with Crippen molar-refractivity contribution in [1.82, 2.24) is 4.90 Å². The zero-order valence-corrected chi connectivity index (χ0v) is 19.6. The quantitative estimate of drug-likeness (QED) is 0.512. The van der Waals surface area contributed by atoms with Crippen molar-refractivity contribution in [3.05, 3.63) is 102 Å². The summed E-state index contributed by atoms with van der Waals surface area (Å²) in [6, 6.07) is 25.0. The Morgan fingerprint density at radius 1 is 0.818 bits per heavy atom. The second-order valence-electron chi connectivity index (χ2n) is 8.16. The van der Waals surface area contributed by atoms with Gasteiger partial charge in [0.1, 0.15) is 5.75 Å². The van der Waals surface area contributed by atoms with E-state index in [0.29, 0.717) is 23.4 Å². The van der Waals surface area contributed by atoms with Crippen LogP contribution in [0.1, 0.15) is 35.3 Å². The molecule has 3 rings (SSSR count). The molecule has 0 heterocycles. The van der Waals surface area contributed by atoms with E-state index in [1.54, 1.807) is 53.4 Å². The van der Waals surface area contributed by atoms with Gasteiger partial charge in [0.2, 0.25) is 5.91 Å². The Morgan fingerprint density at radius 3 is 1.97 bits per heavy atom. The van der Waals surface area contributed by atoms with Gasteiger partial charge >= 0.3 is 0 Å². The summed E-state index contributed by atoms with van der Waals surface area (Å²) < 4.78 is 25.0. The normalized spacial score (nSPS) is 11.2. The van der Waals surface area contributed by atoms with Gasteiger partial charge in [0.15, 0.2) is 9.84 Å². The number of carbonyl (C=O) groups excluding carboxylic acids is 2. The molecule has 2 amide bonds. The zero-order valence-electron chi connectivity index (χ0n) is 18.8. The summed E-state index contributed by atoms with van der Waals surface area (Å²) in [4.78, 5) is 26.9. The van der Waals surface area contributed by atoms with Gasteiger partial charge in [0.25, 0.3) is 5.91 Å². The van der Waals surface area contributed by atoms with Crippen LogP contribution in [0.3, 0.4) is 0 Å². The van der Waals surface area contributed by atoms with E-state index in [-0.39, 0.29) is 17.7 Å². The maximum atomic E-state index is 13.1. The molecule has 7 heteroatoms. The van der Waals surface area contributed by atoms with Crippen LogP contribution in [-0.2, 0) is 26.9 Å². The fourth-order valence-corrected chi connectivity index (χ4v) is 4.68. The van der Waals surface area contributed by atoms with Crippen LogP contribution in [0.15, 0.2) is 84.9 Å². The first kappa shape index (κ1) is 24.2. The minimum atomic E-state index is -3.66. The summed E-state index contributed by atoms with van der Waals surface area (Å²) in [6.45, 7) is 4.41. The van der Waals surface area contributed by atoms with Crippen LogP contribution in [-0.4, -0.2) is 36.9 Å². The standard InChI is InChI=1S/C26H28N2O4S/c1-20(2)28(17-21-9-5-3-6-10-21)26(30)23-15-13-22(14-16-23)18-33(31,32)19-25(29)27-24-11-7-4-8-12-24/h3-16,20H,17-19H2,1-2H3,(H,27,29). The number of para-hydroxylation sites is 1. The molecule has 0 aliphatic rings. The van der Waals surface area contributed by atoms with E-state index in [4.69, 9.17) is 0 Å². The Labute approximate surface area is 195 Å². The Balaban J connectivity index is 1.63. The lowest BCUT2D eigenvalue weighted by Crippen LogP contribution is -2.36. The van der Waals surface area contributed by atoms with Gasteiger partial charge in [-0.15, -0.1) is 0 Å². The lowest BCUT2D eigenvalue weighted by molar-refractivity contribution is -0.113. The molecule has 0 unspecified atom stereocenters. The van der Waals surface area contributed by atoms with Gasteiger partial charge in [-0.2, -0.15) is 0 Å². The number of anilines is 1. The second kappa shape index (κ2) is 10.9. The molecule has 0 atom stereocenters. The number of amides is 2. The summed E-state index contributed by atoms with van der Waals surface area (Å²) >= 11 is 0. The van der Waals surface area contributed by atoms with Crippen molar-refractivity contribution in [2.24, 2.45) is 0 Å². The topological polar surface area (TPSA) is 83.6 Å². The van der Waals surface area contributed by atoms with E-state index in [9.17, 15) is 18.0 Å². The Kier molecular flexibility index (Phi) is 8.01. The monoisotopic (exact) mass is 464 g/mol. The number of sulfone groups is 1.